The van der Waals surface area contributed by atoms with Crippen molar-refractivity contribution in [3.8, 4) is 22.3 Å². The van der Waals surface area contributed by atoms with Gasteiger partial charge in [0.15, 0.2) is 0 Å². The van der Waals surface area contributed by atoms with Crippen molar-refractivity contribution in [2.75, 3.05) is 0 Å². The van der Waals surface area contributed by atoms with E-state index >= 15 is 0 Å². The van der Waals surface area contributed by atoms with Gasteiger partial charge >= 0.3 is 6.18 Å². The zero-order valence-electron chi connectivity index (χ0n) is 14.1. The van der Waals surface area contributed by atoms with Crippen LogP contribution in [0.1, 0.15) is 11.1 Å². The molecule has 2 aromatic carbocycles. The number of benzene rings is 2. The minimum Gasteiger partial charge on any atom is -0.529 e. The average Bonchev–Trinajstić information content (AvgIpc) is 2.63. The highest BCUT2D eigenvalue weighted by Gasteiger charge is 2.29. The number of carboxylic acid groups (broad SMARTS) is 1. The van der Waals surface area contributed by atoms with Crippen LogP contribution in [-0.2, 0) is 6.18 Å². The van der Waals surface area contributed by atoms with Gasteiger partial charge in [-0.3, -0.25) is 9.36 Å². The lowest BCUT2D eigenvalue weighted by Crippen LogP contribution is -2.37. The standard InChI is InChI=1S/C20H14F3NO3/c1-12-17(10-11-24(18(12)25)19(26)27)15-4-2-13(3-5-15)14-6-8-16(9-7-14)20(21,22)23/h2-11H,1H3,(H,26,27)/p-1. The van der Waals surface area contributed by atoms with Gasteiger partial charge in [0.25, 0.3) is 5.56 Å². The van der Waals surface area contributed by atoms with E-state index in [1.54, 1.807) is 24.3 Å². The third kappa shape index (κ3) is 3.62. The molecule has 3 aromatic rings. The van der Waals surface area contributed by atoms with Crippen LogP contribution in [0.2, 0.25) is 0 Å². The summed E-state index contributed by atoms with van der Waals surface area (Å²) in [6, 6.07) is 13.2. The largest absolute Gasteiger partial charge is 0.529 e. The lowest BCUT2D eigenvalue weighted by molar-refractivity contribution is -0.250. The van der Waals surface area contributed by atoms with Crippen LogP contribution in [0.15, 0.2) is 65.6 Å². The molecule has 138 valence electrons. The molecule has 0 atom stereocenters. The molecule has 4 nitrogen and oxygen atoms in total. The third-order valence-electron chi connectivity index (χ3n) is 4.27. The molecule has 1 heterocycles. The molecule has 0 unspecified atom stereocenters. The number of alkyl halides is 3. The summed E-state index contributed by atoms with van der Waals surface area (Å²) >= 11 is 0. The van der Waals surface area contributed by atoms with Gasteiger partial charge in [0.1, 0.15) is 6.09 Å². The fourth-order valence-electron chi connectivity index (χ4n) is 2.79. The maximum absolute atomic E-state index is 12.6. The molecule has 0 bridgehead atoms. The predicted molar refractivity (Wildman–Crippen MR) is 92.1 cm³/mol. The second kappa shape index (κ2) is 6.75. The van der Waals surface area contributed by atoms with Crippen LogP contribution >= 0.6 is 0 Å². The third-order valence-corrected chi connectivity index (χ3v) is 4.27. The van der Waals surface area contributed by atoms with Crippen LogP contribution in [0, 0.1) is 6.92 Å². The number of carbonyl (C=O) groups excluding carboxylic acids is 1. The highest BCUT2D eigenvalue weighted by molar-refractivity contribution is 5.73. The molecule has 0 aliphatic carbocycles. The van der Waals surface area contributed by atoms with Crippen molar-refractivity contribution in [3.63, 3.8) is 0 Å². The Bertz CT molecular complexity index is 1050. The minimum absolute atomic E-state index is 0.254. The summed E-state index contributed by atoms with van der Waals surface area (Å²) < 4.78 is 38.4. The molecule has 0 aliphatic heterocycles. The van der Waals surface area contributed by atoms with E-state index in [4.69, 9.17) is 0 Å². The number of hydrogen-bond acceptors (Lipinski definition) is 3. The highest BCUT2D eigenvalue weighted by Crippen LogP contribution is 2.31. The predicted octanol–water partition coefficient (Wildman–Crippen LogP) is 3.70. The van der Waals surface area contributed by atoms with E-state index < -0.39 is 23.4 Å². The Morgan fingerprint density at radius 2 is 1.37 bits per heavy atom. The topological polar surface area (TPSA) is 62.1 Å². The Morgan fingerprint density at radius 1 is 0.889 bits per heavy atom. The van der Waals surface area contributed by atoms with Crippen LogP contribution in [-0.4, -0.2) is 10.7 Å². The number of carbonyl (C=O) groups is 1. The molecule has 1 aromatic heterocycles. The number of halogens is 3. The summed E-state index contributed by atoms with van der Waals surface area (Å²) in [4.78, 5) is 22.9. The van der Waals surface area contributed by atoms with Gasteiger partial charge in [0.2, 0.25) is 0 Å². The molecule has 0 fully saturated rings. The molecule has 0 N–H and O–H groups in total. The van der Waals surface area contributed by atoms with Crippen molar-refractivity contribution in [1.29, 1.82) is 0 Å². The van der Waals surface area contributed by atoms with E-state index in [-0.39, 0.29) is 5.56 Å². The van der Waals surface area contributed by atoms with Gasteiger partial charge in [-0.1, -0.05) is 36.4 Å². The summed E-state index contributed by atoms with van der Waals surface area (Å²) in [5.74, 6) is 0. The quantitative estimate of drug-likeness (QED) is 0.689. The molecule has 27 heavy (non-hydrogen) atoms. The Labute approximate surface area is 152 Å². The molecule has 0 radical (unpaired) electrons. The molecule has 3 rings (SSSR count). The van der Waals surface area contributed by atoms with Gasteiger partial charge in [-0.2, -0.15) is 13.2 Å². The molecule has 0 saturated heterocycles. The van der Waals surface area contributed by atoms with E-state index in [1.165, 1.54) is 25.1 Å². The van der Waals surface area contributed by atoms with Gasteiger partial charge in [0, 0.05) is 11.8 Å². The highest BCUT2D eigenvalue weighted by atomic mass is 19.4. The fraction of sp³-hybridized carbons (Fsp3) is 0.100. The first-order valence-electron chi connectivity index (χ1n) is 7.90. The molecule has 0 spiro atoms. The molecule has 7 heteroatoms. The molecule has 0 aliphatic rings. The van der Waals surface area contributed by atoms with Gasteiger partial charge in [0.05, 0.1) is 5.56 Å². The first-order valence-corrected chi connectivity index (χ1v) is 7.90. The van der Waals surface area contributed by atoms with Gasteiger partial charge in [-0.05, 0) is 47.4 Å². The second-order valence-electron chi connectivity index (χ2n) is 5.95. The van der Waals surface area contributed by atoms with Crippen molar-refractivity contribution >= 4 is 6.09 Å². The van der Waals surface area contributed by atoms with Crippen LogP contribution < -0.4 is 10.7 Å². The second-order valence-corrected chi connectivity index (χ2v) is 5.95. The summed E-state index contributed by atoms with van der Waals surface area (Å²) in [7, 11) is 0. The summed E-state index contributed by atoms with van der Waals surface area (Å²) in [5, 5.41) is 10.9. The first-order chi connectivity index (χ1) is 12.7. The van der Waals surface area contributed by atoms with Crippen molar-refractivity contribution in [2.45, 2.75) is 13.1 Å². The lowest BCUT2D eigenvalue weighted by Gasteiger charge is -2.12. The number of rotatable bonds is 2. The van der Waals surface area contributed by atoms with E-state index in [1.807, 2.05) is 0 Å². The molecular weight excluding hydrogens is 359 g/mol. The SMILES string of the molecule is Cc1c(-c2ccc(-c3ccc(C(F)(F)F)cc3)cc2)ccn(C(=O)[O-])c1=O. The number of nitrogens with zero attached hydrogens (tertiary/aromatic N) is 1. The molecule has 0 saturated carbocycles. The van der Waals surface area contributed by atoms with Crippen LogP contribution in [0.4, 0.5) is 18.0 Å². The summed E-state index contributed by atoms with van der Waals surface area (Å²) in [5.41, 5.74) is 1.45. The number of hydrogen-bond donors (Lipinski definition) is 0. The monoisotopic (exact) mass is 372 g/mol. The van der Waals surface area contributed by atoms with Crippen LogP contribution in [0.5, 0.6) is 0 Å². The minimum atomic E-state index is -4.38. The summed E-state index contributed by atoms with van der Waals surface area (Å²) in [6.45, 7) is 1.51. The van der Waals surface area contributed by atoms with E-state index in [0.717, 1.165) is 18.3 Å². The zero-order valence-corrected chi connectivity index (χ0v) is 14.1. The van der Waals surface area contributed by atoms with Crippen molar-refractivity contribution in [3.05, 3.63) is 82.3 Å². The van der Waals surface area contributed by atoms with Crippen LogP contribution in [0.25, 0.3) is 22.3 Å². The van der Waals surface area contributed by atoms with Crippen molar-refractivity contribution in [1.82, 2.24) is 4.57 Å². The smallest absolute Gasteiger partial charge is 0.416 e. The number of aromatic nitrogens is 1. The maximum atomic E-state index is 12.6. The summed E-state index contributed by atoms with van der Waals surface area (Å²) in [6.07, 6.45) is -4.86. The van der Waals surface area contributed by atoms with Crippen molar-refractivity contribution < 1.29 is 23.1 Å². The maximum Gasteiger partial charge on any atom is 0.416 e. The zero-order chi connectivity index (χ0) is 19.8. The first kappa shape index (κ1) is 18.4. The Kier molecular flexibility index (Phi) is 4.61. The Morgan fingerprint density at radius 3 is 1.85 bits per heavy atom. The normalized spacial score (nSPS) is 11.4. The molecular formula is C20H13F3NO3-. The fourth-order valence-corrected chi connectivity index (χ4v) is 2.79. The van der Waals surface area contributed by atoms with E-state index in [0.29, 0.717) is 26.8 Å². The number of pyridine rings is 1. The molecule has 0 amide bonds. The lowest BCUT2D eigenvalue weighted by atomic mass is 9.98. The van der Waals surface area contributed by atoms with Gasteiger partial charge in [-0.25, -0.2) is 0 Å². The van der Waals surface area contributed by atoms with Gasteiger partial charge in [-0.15, -0.1) is 0 Å². The van der Waals surface area contributed by atoms with E-state index in [2.05, 4.69) is 0 Å². The van der Waals surface area contributed by atoms with Crippen molar-refractivity contribution in [2.24, 2.45) is 0 Å². The Hall–Kier alpha value is -3.35. The van der Waals surface area contributed by atoms with Gasteiger partial charge < -0.3 is 9.90 Å². The average molecular weight is 372 g/mol. The Balaban J connectivity index is 1.93. The van der Waals surface area contributed by atoms with E-state index in [9.17, 15) is 27.9 Å². The van der Waals surface area contributed by atoms with Crippen LogP contribution in [0.3, 0.4) is 0 Å².